The van der Waals surface area contributed by atoms with Crippen molar-refractivity contribution in [2.24, 2.45) is 34.5 Å². The van der Waals surface area contributed by atoms with E-state index in [2.05, 4.69) is 0 Å². The van der Waals surface area contributed by atoms with E-state index in [1.54, 1.807) is 20.8 Å². The van der Waals surface area contributed by atoms with E-state index in [1.807, 2.05) is 6.92 Å². The Morgan fingerprint density at radius 3 is 2.56 bits per heavy atom. The third-order valence-electron chi connectivity index (χ3n) is 9.38. The van der Waals surface area contributed by atoms with Crippen LogP contribution in [-0.4, -0.2) is 52.2 Å². The van der Waals surface area contributed by atoms with E-state index in [-0.39, 0.29) is 30.8 Å². The maximum Gasteiger partial charge on any atom is 0.306 e. The van der Waals surface area contributed by atoms with Gasteiger partial charge in [0.2, 0.25) is 11.6 Å². The molecule has 3 fully saturated rings. The van der Waals surface area contributed by atoms with Crippen LogP contribution in [0.5, 0.6) is 0 Å². The molecule has 0 saturated heterocycles. The van der Waals surface area contributed by atoms with E-state index in [0.717, 1.165) is 6.08 Å². The molecule has 4 aliphatic carbocycles. The van der Waals surface area contributed by atoms with Crippen molar-refractivity contribution in [3.05, 3.63) is 23.6 Å². The molecule has 8 heteroatoms. The zero-order chi connectivity index (χ0) is 25.2. The fourth-order valence-corrected chi connectivity index (χ4v) is 8.17. The SMILES string of the molecule is CCCC(=O)O[C@]1(C(=O)CO)[C@H](C)C[C@H]2[C@@H]3C[C@H](F)C4=C(F)C(=O)C=C[C@]4(C)[C@H]3[C@@H](O)C[C@@]21C. The average molecular weight is 481 g/mol. The van der Waals surface area contributed by atoms with E-state index in [9.17, 15) is 29.0 Å². The first-order valence-corrected chi connectivity index (χ1v) is 12.2. The molecule has 0 aromatic heterocycles. The molecule has 188 valence electrons. The second-order valence-corrected chi connectivity index (χ2v) is 11.1. The van der Waals surface area contributed by atoms with Crippen LogP contribution in [0.2, 0.25) is 0 Å². The Labute approximate surface area is 198 Å². The van der Waals surface area contributed by atoms with Gasteiger partial charge in [0.25, 0.3) is 0 Å². The summed E-state index contributed by atoms with van der Waals surface area (Å²) in [6.07, 6.45) is 0.881. The smallest absolute Gasteiger partial charge is 0.306 e. The Kier molecular flexibility index (Phi) is 6.17. The molecule has 0 heterocycles. The van der Waals surface area contributed by atoms with Gasteiger partial charge in [-0.25, -0.2) is 8.78 Å². The molecule has 6 nitrogen and oxygen atoms in total. The van der Waals surface area contributed by atoms with Gasteiger partial charge in [-0.3, -0.25) is 14.4 Å². The summed E-state index contributed by atoms with van der Waals surface area (Å²) in [5.41, 5.74) is -4.07. The maximum atomic E-state index is 15.5. The van der Waals surface area contributed by atoms with Crippen molar-refractivity contribution in [3.8, 4) is 0 Å². The van der Waals surface area contributed by atoms with E-state index >= 15 is 4.39 Å². The lowest BCUT2D eigenvalue weighted by Crippen LogP contribution is -2.65. The number of ketones is 2. The van der Waals surface area contributed by atoms with Crippen molar-refractivity contribution >= 4 is 17.5 Å². The first-order valence-electron chi connectivity index (χ1n) is 12.2. The highest BCUT2D eigenvalue weighted by molar-refractivity contribution is 6.04. The van der Waals surface area contributed by atoms with E-state index < -0.39 is 76.4 Å². The minimum atomic E-state index is -1.71. The van der Waals surface area contributed by atoms with Crippen LogP contribution in [0.1, 0.15) is 59.8 Å². The molecule has 4 aliphatic rings. The number of halogens is 2. The molecule has 0 bridgehead atoms. The Morgan fingerprint density at radius 1 is 1.26 bits per heavy atom. The summed E-state index contributed by atoms with van der Waals surface area (Å²) in [5.74, 6) is -4.90. The third kappa shape index (κ3) is 3.13. The van der Waals surface area contributed by atoms with Crippen molar-refractivity contribution in [2.75, 3.05) is 6.61 Å². The summed E-state index contributed by atoms with van der Waals surface area (Å²) in [7, 11) is 0. The van der Waals surface area contributed by atoms with Crippen molar-refractivity contribution in [1.82, 2.24) is 0 Å². The van der Waals surface area contributed by atoms with Crippen LogP contribution < -0.4 is 0 Å². The zero-order valence-electron chi connectivity index (χ0n) is 20.1. The number of aliphatic hydroxyl groups is 2. The number of allylic oxidation sites excluding steroid dienone is 4. The van der Waals surface area contributed by atoms with Crippen LogP contribution in [0.4, 0.5) is 8.78 Å². The Hall–Kier alpha value is -1.93. The molecular weight excluding hydrogens is 446 g/mol. The van der Waals surface area contributed by atoms with Gasteiger partial charge in [-0.1, -0.05) is 33.8 Å². The standard InChI is InChI=1S/C26H34F2O6/c1-5-6-20(33)34-26(19(32)12-29)13(2)9-15-14-10-16(27)22-23(28)17(30)7-8-24(22,3)21(14)18(31)11-25(15,26)4/h7-8,13-16,18,21,29,31H,5-6,9-12H2,1-4H3/t13-,14+,15+,16+,18+,21-,24-,25+,26+/m1/s1. The number of alkyl halides is 1. The summed E-state index contributed by atoms with van der Waals surface area (Å²) in [6.45, 7) is 6.24. The highest BCUT2D eigenvalue weighted by atomic mass is 19.1. The number of aliphatic hydroxyl groups excluding tert-OH is 2. The number of Topliss-reactive ketones (excluding diaryl/α,β-unsaturated/α-hetero) is 1. The van der Waals surface area contributed by atoms with Gasteiger partial charge < -0.3 is 14.9 Å². The minimum absolute atomic E-state index is 0.0670. The molecule has 0 aromatic rings. The van der Waals surface area contributed by atoms with Gasteiger partial charge in [0, 0.05) is 34.7 Å². The molecule has 0 radical (unpaired) electrons. The van der Waals surface area contributed by atoms with Gasteiger partial charge in [0.15, 0.2) is 11.4 Å². The van der Waals surface area contributed by atoms with Crippen LogP contribution in [0.3, 0.4) is 0 Å². The molecule has 3 saturated carbocycles. The number of hydrogen-bond donors (Lipinski definition) is 2. The molecular formula is C26H34F2O6. The summed E-state index contributed by atoms with van der Waals surface area (Å²) in [5, 5.41) is 21.3. The number of rotatable bonds is 5. The van der Waals surface area contributed by atoms with E-state index in [1.165, 1.54) is 6.08 Å². The van der Waals surface area contributed by atoms with Crippen LogP contribution >= 0.6 is 0 Å². The van der Waals surface area contributed by atoms with Crippen molar-refractivity contribution in [3.63, 3.8) is 0 Å². The fourth-order valence-electron chi connectivity index (χ4n) is 8.17. The molecule has 0 unspecified atom stereocenters. The monoisotopic (exact) mass is 480 g/mol. The van der Waals surface area contributed by atoms with Crippen LogP contribution in [0, 0.1) is 34.5 Å². The van der Waals surface area contributed by atoms with Gasteiger partial charge in [0.05, 0.1) is 6.10 Å². The molecule has 9 atom stereocenters. The molecule has 0 aliphatic heterocycles. The lowest BCUT2D eigenvalue weighted by molar-refractivity contribution is -0.206. The molecule has 4 rings (SSSR count). The topological polar surface area (TPSA) is 101 Å². The predicted molar refractivity (Wildman–Crippen MR) is 119 cm³/mol. The summed E-state index contributed by atoms with van der Waals surface area (Å²) in [6, 6.07) is 0. The molecule has 2 N–H and O–H groups in total. The van der Waals surface area contributed by atoms with Crippen molar-refractivity contribution in [2.45, 2.75) is 77.7 Å². The van der Waals surface area contributed by atoms with Gasteiger partial charge in [-0.2, -0.15) is 0 Å². The third-order valence-corrected chi connectivity index (χ3v) is 9.38. The number of carbonyl (C=O) groups is 3. The second-order valence-electron chi connectivity index (χ2n) is 11.1. The van der Waals surface area contributed by atoms with Crippen LogP contribution in [0.25, 0.3) is 0 Å². The minimum Gasteiger partial charge on any atom is -0.450 e. The lowest BCUT2D eigenvalue weighted by atomic mass is 9.45. The highest BCUT2D eigenvalue weighted by Crippen LogP contribution is 2.69. The van der Waals surface area contributed by atoms with Gasteiger partial charge in [-0.15, -0.1) is 0 Å². The Bertz CT molecular complexity index is 974. The van der Waals surface area contributed by atoms with Crippen LogP contribution in [0.15, 0.2) is 23.6 Å². The van der Waals surface area contributed by atoms with E-state index in [4.69, 9.17) is 4.74 Å². The van der Waals surface area contributed by atoms with Crippen LogP contribution in [-0.2, 0) is 19.1 Å². The number of fused-ring (bicyclic) bond motifs is 5. The molecule has 34 heavy (non-hydrogen) atoms. The van der Waals surface area contributed by atoms with Crippen molar-refractivity contribution in [1.29, 1.82) is 0 Å². The quantitative estimate of drug-likeness (QED) is 0.585. The first kappa shape index (κ1) is 25.2. The number of esters is 1. The lowest BCUT2D eigenvalue weighted by Gasteiger charge is -2.60. The first-order chi connectivity index (χ1) is 15.9. The Morgan fingerprint density at radius 2 is 1.94 bits per heavy atom. The highest BCUT2D eigenvalue weighted by Gasteiger charge is 2.73. The molecule has 0 aromatic carbocycles. The largest absolute Gasteiger partial charge is 0.450 e. The zero-order valence-corrected chi connectivity index (χ0v) is 20.1. The second kappa shape index (κ2) is 8.33. The fraction of sp³-hybridized carbons (Fsp3) is 0.731. The molecule has 0 amide bonds. The number of ether oxygens (including phenoxy) is 1. The average Bonchev–Trinajstić information content (AvgIpc) is 2.97. The Balaban J connectivity index is 1.83. The van der Waals surface area contributed by atoms with Crippen molar-refractivity contribution < 1.29 is 38.1 Å². The predicted octanol–water partition coefficient (Wildman–Crippen LogP) is 3.40. The summed E-state index contributed by atoms with van der Waals surface area (Å²) < 4.78 is 36.3. The van der Waals surface area contributed by atoms with Gasteiger partial charge >= 0.3 is 5.97 Å². The van der Waals surface area contributed by atoms with Gasteiger partial charge in [-0.05, 0) is 43.6 Å². The summed E-state index contributed by atoms with van der Waals surface area (Å²) in [4.78, 5) is 37.8. The molecule has 0 spiro atoms. The number of carbonyl (C=O) groups excluding carboxylic acids is 3. The number of hydrogen-bond acceptors (Lipinski definition) is 6. The maximum absolute atomic E-state index is 15.5. The van der Waals surface area contributed by atoms with E-state index in [0.29, 0.717) is 12.8 Å². The normalized spacial score (nSPS) is 45.5. The van der Waals surface area contributed by atoms with Gasteiger partial charge in [0.1, 0.15) is 12.8 Å². The summed E-state index contributed by atoms with van der Waals surface area (Å²) >= 11 is 0.